The smallest absolute Gasteiger partial charge is 0.352 e. The van der Waals surface area contributed by atoms with Crippen LogP contribution in [0.15, 0.2) is 77.3 Å². The van der Waals surface area contributed by atoms with Crippen molar-refractivity contribution in [3.63, 3.8) is 0 Å². The fourth-order valence-corrected chi connectivity index (χ4v) is 6.75. The lowest BCUT2D eigenvalue weighted by Crippen LogP contribution is -2.55. The van der Waals surface area contributed by atoms with Gasteiger partial charge in [0.2, 0.25) is 21.8 Å². The first-order chi connectivity index (χ1) is 21.2. The second-order valence-corrected chi connectivity index (χ2v) is 14.4. The number of nitrogens with one attached hydrogen (secondary N) is 1. The third kappa shape index (κ3) is 9.70. The molecule has 0 aromatic heterocycles. The third-order valence-corrected chi connectivity index (χ3v) is 9.68. The van der Waals surface area contributed by atoms with Gasteiger partial charge in [0.1, 0.15) is 12.6 Å². The predicted molar refractivity (Wildman–Crippen MR) is 172 cm³/mol. The number of anilines is 1. The maximum atomic E-state index is 14.2. The summed E-state index contributed by atoms with van der Waals surface area (Å²) in [6.07, 6.45) is 0.762. The van der Waals surface area contributed by atoms with E-state index in [0.717, 1.165) is 60.5 Å². The molecule has 0 bridgehead atoms. The normalized spacial score (nSPS) is 14.9. The number of nitrogens with zero attached hydrogens (tertiary/aromatic N) is 2. The van der Waals surface area contributed by atoms with Gasteiger partial charge in [0.15, 0.2) is 0 Å². The highest BCUT2D eigenvalue weighted by atomic mass is 79.9. The minimum Gasteiger partial charge on any atom is -0.352 e. The molecule has 0 saturated heterocycles. The highest BCUT2D eigenvalue weighted by molar-refractivity contribution is 9.10. The summed E-state index contributed by atoms with van der Waals surface area (Å²) in [4.78, 5) is 29.5. The van der Waals surface area contributed by atoms with E-state index in [1.165, 1.54) is 4.90 Å². The van der Waals surface area contributed by atoms with E-state index in [-0.39, 0.29) is 29.9 Å². The number of carbonyl (C=O) groups is 2. The molecule has 242 valence electrons. The molecule has 0 heterocycles. The Labute approximate surface area is 274 Å². The summed E-state index contributed by atoms with van der Waals surface area (Å²) < 4.78 is 68.1. The first-order valence-corrected chi connectivity index (χ1v) is 17.5. The summed E-state index contributed by atoms with van der Waals surface area (Å²) in [5, 5.41) is 2.82. The second kappa shape index (κ2) is 15.0. The summed E-state index contributed by atoms with van der Waals surface area (Å²) >= 11 is 9.61. The molecule has 0 radical (unpaired) electrons. The molecule has 0 spiro atoms. The number of hydrogen-bond donors (Lipinski definition) is 1. The molecule has 3 aromatic rings. The minimum absolute atomic E-state index is 0.0599. The van der Waals surface area contributed by atoms with Gasteiger partial charge in [0.25, 0.3) is 0 Å². The Balaban J connectivity index is 1.76. The number of alkyl halides is 3. The van der Waals surface area contributed by atoms with Gasteiger partial charge in [-0.05, 0) is 54.3 Å². The van der Waals surface area contributed by atoms with Crippen molar-refractivity contribution in [3.05, 3.63) is 99.0 Å². The van der Waals surface area contributed by atoms with Gasteiger partial charge in [0, 0.05) is 23.5 Å². The average Bonchev–Trinajstić information content (AvgIpc) is 2.99. The Kier molecular flexibility index (Phi) is 11.6. The molecular formula is C32H34BrClF3N3O4S. The molecule has 1 fully saturated rings. The van der Waals surface area contributed by atoms with Crippen molar-refractivity contribution < 1.29 is 31.2 Å². The largest absolute Gasteiger partial charge is 0.416 e. The molecule has 0 unspecified atom stereocenters. The molecule has 1 atom stereocenters. The number of sulfonamides is 1. The Bertz CT molecular complexity index is 1590. The van der Waals surface area contributed by atoms with Crippen molar-refractivity contribution in [3.8, 4) is 0 Å². The molecule has 0 aliphatic heterocycles. The summed E-state index contributed by atoms with van der Waals surface area (Å²) in [6.45, 7) is -0.936. The zero-order valence-electron chi connectivity index (χ0n) is 24.6. The quantitative estimate of drug-likeness (QED) is 0.231. The van der Waals surface area contributed by atoms with Gasteiger partial charge < -0.3 is 10.2 Å². The second-order valence-electron chi connectivity index (χ2n) is 11.1. The minimum atomic E-state index is -4.78. The molecule has 13 heteroatoms. The van der Waals surface area contributed by atoms with Crippen LogP contribution in [0.5, 0.6) is 0 Å². The van der Waals surface area contributed by atoms with E-state index >= 15 is 0 Å². The monoisotopic (exact) mass is 727 g/mol. The number of hydrogen-bond acceptors (Lipinski definition) is 4. The molecule has 2 amide bonds. The Morgan fingerprint density at radius 1 is 0.978 bits per heavy atom. The van der Waals surface area contributed by atoms with Crippen LogP contribution in [0.1, 0.15) is 48.8 Å². The third-order valence-electron chi connectivity index (χ3n) is 7.71. The van der Waals surface area contributed by atoms with Crippen molar-refractivity contribution >= 4 is 55.1 Å². The van der Waals surface area contributed by atoms with Crippen LogP contribution < -0.4 is 9.62 Å². The Morgan fingerprint density at radius 2 is 1.62 bits per heavy atom. The predicted octanol–water partition coefficient (Wildman–Crippen LogP) is 6.98. The molecule has 45 heavy (non-hydrogen) atoms. The fraction of sp³-hybridized carbons (Fsp3) is 0.375. The van der Waals surface area contributed by atoms with Gasteiger partial charge in [-0.25, -0.2) is 8.42 Å². The molecule has 1 N–H and O–H groups in total. The van der Waals surface area contributed by atoms with Crippen LogP contribution in [0.3, 0.4) is 0 Å². The summed E-state index contributed by atoms with van der Waals surface area (Å²) in [7, 11) is -4.31. The van der Waals surface area contributed by atoms with E-state index in [1.54, 1.807) is 24.3 Å². The molecule has 4 rings (SSSR count). The van der Waals surface area contributed by atoms with E-state index in [0.29, 0.717) is 15.9 Å². The van der Waals surface area contributed by atoms with Crippen molar-refractivity contribution in [2.24, 2.45) is 0 Å². The number of carbonyl (C=O) groups excluding carboxylic acids is 2. The molecule has 1 aliphatic carbocycles. The first-order valence-electron chi connectivity index (χ1n) is 14.4. The van der Waals surface area contributed by atoms with E-state index in [2.05, 4.69) is 21.2 Å². The van der Waals surface area contributed by atoms with E-state index in [9.17, 15) is 31.2 Å². The van der Waals surface area contributed by atoms with Gasteiger partial charge in [-0.3, -0.25) is 13.9 Å². The van der Waals surface area contributed by atoms with Gasteiger partial charge >= 0.3 is 6.18 Å². The molecule has 1 saturated carbocycles. The van der Waals surface area contributed by atoms with Crippen LogP contribution in [-0.2, 0) is 38.8 Å². The number of benzene rings is 3. The summed E-state index contributed by atoms with van der Waals surface area (Å²) in [5.41, 5.74) is -0.172. The van der Waals surface area contributed by atoms with Gasteiger partial charge in [-0.15, -0.1) is 0 Å². The fourth-order valence-electron chi connectivity index (χ4n) is 5.36. The lowest BCUT2D eigenvalue weighted by atomic mass is 9.94. The molecular weight excluding hydrogens is 695 g/mol. The summed E-state index contributed by atoms with van der Waals surface area (Å²) in [5.74, 6) is -1.17. The van der Waals surface area contributed by atoms with Crippen LogP contribution in [0.25, 0.3) is 0 Å². The van der Waals surface area contributed by atoms with Gasteiger partial charge in [-0.1, -0.05) is 89.3 Å². The highest BCUT2D eigenvalue weighted by Crippen LogP contribution is 2.36. The number of amides is 2. The standard InChI is InChI=1S/C32H34BrClF3N3O4S/c1-45(43,44)40(28-19-24(32(35,36)37)14-17-27(28)34)21-30(41)39(20-23-12-15-25(33)16-13-23)29(18-22-8-4-2-5-9-22)31(42)38-26-10-6-3-7-11-26/h2,4-5,8-9,12-17,19,26,29H,3,6-7,10-11,18,20-21H2,1H3,(H,38,42)/t29-/m1/s1. The Hall–Kier alpha value is -3.09. The van der Waals surface area contributed by atoms with E-state index < -0.39 is 45.9 Å². The van der Waals surface area contributed by atoms with Crippen LogP contribution in [0.4, 0.5) is 18.9 Å². The van der Waals surface area contributed by atoms with Gasteiger partial charge in [0.05, 0.1) is 22.5 Å². The topological polar surface area (TPSA) is 86.8 Å². The van der Waals surface area contributed by atoms with Crippen LogP contribution in [-0.4, -0.2) is 50.0 Å². The summed E-state index contributed by atoms with van der Waals surface area (Å²) in [6, 6.07) is 17.4. The molecule has 1 aliphatic rings. The zero-order valence-corrected chi connectivity index (χ0v) is 27.7. The number of halogens is 5. The Morgan fingerprint density at radius 3 is 2.22 bits per heavy atom. The van der Waals surface area contributed by atoms with Crippen molar-refractivity contribution in [1.29, 1.82) is 0 Å². The maximum absolute atomic E-state index is 14.2. The number of rotatable bonds is 11. The van der Waals surface area contributed by atoms with Crippen molar-refractivity contribution in [2.75, 3.05) is 17.1 Å². The van der Waals surface area contributed by atoms with Gasteiger partial charge in [-0.2, -0.15) is 13.2 Å². The zero-order chi connectivity index (χ0) is 32.8. The average molecular weight is 729 g/mol. The SMILES string of the molecule is CS(=O)(=O)N(CC(=O)N(Cc1ccc(Br)cc1)[C@H](Cc1ccccc1)C(=O)NC1CCCCC1)c1cc(C(F)(F)F)ccc1Cl. The lowest BCUT2D eigenvalue weighted by molar-refractivity contribution is -0.140. The van der Waals surface area contributed by atoms with Crippen molar-refractivity contribution in [1.82, 2.24) is 10.2 Å². The van der Waals surface area contributed by atoms with Crippen LogP contribution >= 0.6 is 27.5 Å². The highest BCUT2D eigenvalue weighted by Gasteiger charge is 2.36. The van der Waals surface area contributed by atoms with Crippen LogP contribution in [0.2, 0.25) is 5.02 Å². The van der Waals surface area contributed by atoms with Crippen molar-refractivity contribution in [2.45, 2.75) is 63.3 Å². The maximum Gasteiger partial charge on any atom is 0.416 e. The van der Waals surface area contributed by atoms with E-state index in [1.807, 2.05) is 30.3 Å². The lowest BCUT2D eigenvalue weighted by Gasteiger charge is -2.35. The molecule has 3 aromatic carbocycles. The van der Waals surface area contributed by atoms with Crippen LogP contribution in [0, 0.1) is 0 Å². The first kappa shape index (κ1) is 34.8. The van der Waals surface area contributed by atoms with E-state index in [4.69, 9.17) is 11.6 Å². The molecule has 7 nitrogen and oxygen atoms in total.